The molecule has 0 aliphatic carbocycles. The smallest absolute Gasteiger partial charge is 0.0480 e. The predicted octanol–water partition coefficient (Wildman–Crippen LogP) is 4.53. The normalized spacial score (nSPS) is 12.8. The molecule has 0 saturated carbocycles. The Bertz CT molecular complexity index is 150. The van der Waals surface area contributed by atoms with E-state index in [4.69, 9.17) is 4.74 Å². The first kappa shape index (κ1) is 17.9. The second kappa shape index (κ2) is 15.0. The van der Waals surface area contributed by atoms with E-state index in [1.54, 1.807) is 0 Å². The lowest BCUT2D eigenvalue weighted by atomic mass is 10.0. The molecule has 0 amide bonds. The van der Waals surface area contributed by atoms with E-state index in [9.17, 15) is 0 Å². The molecule has 0 rings (SSSR count). The summed E-state index contributed by atoms with van der Waals surface area (Å²) >= 11 is 0. The quantitative estimate of drug-likeness (QED) is 0.462. The van der Waals surface area contributed by atoms with Gasteiger partial charge in [-0.05, 0) is 26.8 Å². The van der Waals surface area contributed by atoms with Crippen molar-refractivity contribution in [3.63, 3.8) is 0 Å². The van der Waals surface area contributed by atoms with Crippen molar-refractivity contribution < 1.29 is 4.74 Å². The van der Waals surface area contributed by atoms with Gasteiger partial charge in [0.1, 0.15) is 0 Å². The van der Waals surface area contributed by atoms with Gasteiger partial charge in [-0.3, -0.25) is 0 Å². The third kappa shape index (κ3) is 12.4. The highest BCUT2D eigenvalue weighted by Gasteiger charge is 2.05. The Morgan fingerprint density at radius 1 is 0.833 bits per heavy atom. The maximum atomic E-state index is 5.41. The molecule has 0 radical (unpaired) electrons. The summed E-state index contributed by atoms with van der Waals surface area (Å²) < 4.78 is 5.41. The zero-order chi connectivity index (χ0) is 13.5. The summed E-state index contributed by atoms with van der Waals surface area (Å²) in [6.07, 6.45) is 13.7. The molecule has 0 spiro atoms. The van der Waals surface area contributed by atoms with Crippen LogP contribution < -0.4 is 5.32 Å². The van der Waals surface area contributed by atoms with Crippen LogP contribution >= 0.6 is 0 Å². The molecule has 0 aromatic heterocycles. The second-order valence-corrected chi connectivity index (χ2v) is 5.23. The molecular formula is C16H35NO. The van der Waals surface area contributed by atoms with Crippen LogP contribution in [0.1, 0.15) is 78.1 Å². The van der Waals surface area contributed by atoms with Crippen LogP contribution in [0.2, 0.25) is 0 Å². The summed E-state index contributed by atoms with van der Waals surface area (Å²) in [5.41, 5.74) is 0. The summed E-state index contributed by atoms with van der Waals surface area (Å²) in [6.45, 7) is 6.08. The Morgan fingerprint density at radius 3 is 2.00 bits per heavy atom. The molecule has 2 heteroatoms. The van der Waals surface area contributed by atoms with Crippen molar-refractivity contribution in [2.75, 3.05) is 20.3 Å². The summed E-state index contributed by atoms with van der Waals surface area (Å²) in [5, 5.41) is 3.40. The largest absolute Gasteiger partial charge is 0.382 e. The number of nitrogens with one attached hydrogen (secondary N) is 1. The molecule has 0 bridgehead atoms. The van der Waals surface area contributed by atoms with E-state index in [1.165, 1.54) is 57.8 Å². The van der Waals surface area contributed by atoms with Crippen LogP contribution in [0.4, 0.5) is 0 Å². The highest BCUT2D eigenvalue weighted by molar-refractivity contribution is 4.64. The fraction of sp³-hybridized carbons (Fsp3) is 1.00. The Balaban J connectivity index is 3.23. The monoisotopic (exact) mass is 257 g/mol. The van der Waals surface area contributed by atoms with Gasteiger partial charge >= 0.3 is 0 Å². The third-order valence-corrected chi connectivity index (χ3v) is 3.63. The first-order chi connectivity index (χ1) is 8.85. The van der Waals surface area contributed by atoms with Crippen molar-refractivity contribution in [2.45, 2.75) is 84.1 Å². The minimum absolute atomic E-state index is 0.650. The summed E-state index contributed by atoms with van der Waals surface area (Å²) in [5.74, 6) is 0. The van der Waals surface area contributed by atoms with Crippen LogP contribution in [0.25, 0.3) is 0 Å². The first-order valence-electron chi connectivity index (χ1n) is 8.10. The lowest BCUT2D eigenvalue weighted by molar-refractivity contribution is 0.136. The molecule has 0 aromatic carbocycles. The highest BCUT2D eigenvalue weighted by Crippen LogP contribution is 2.11. The van der Waals surface area contributed by atoms with Crippen LogP contribution in [-0.4, -0.2) is 26.3 Å². The Labute approximate surface area is 115 Å². The minimum Gasteiger partial charge on any atom is -0.382 e. The van der Waals surface area contributed by atoms with E-state index < -0.39 is 0 Å². The van der Waals surface area contributed by atoms with E-state index >= 15 is 0 Å². The molecule has 110 valence electrons. The number of hydrogen-bond donors (Lipinski definition) is 1. The van der Waals surface area contributed by atoms with Crippen molar-refractivity contribution in [1.82, 2.24) is 5.32 Å². The minimum atomic E-state index is 0.650. The molecular weight excluding hydrogens is 222 g/mol. The Kier molecular flexibility index (Phi) is 14.9. The van der Waals surface area contributed by atoms with E-state index in [0.29, 0.717) is 6.04 Å². The molecule has 2 nitrogen and oxygen atoms in total. The van der Waals surface area contributed by atoms with Crippen LogP contribution in [0.5, 0.6) is 0 Å². The lowest BCUT2D eigenvalue weighted by Crippen LogP contribution is -2.26. The Morgan fingerprint density at radius 2 is 1.44 bits per heavy atom. The molecule has 18 heavy (non-hydrogen) atoms. The zero-order valence-electron chi connectivity index (χ0n) is 13.0. The van der Waals surface area contributed by atoms with Gasteiger partial charge in [0.15, 0.2) is 0 Å². The zero-order valence-corrected chi connectivity index (χ0v) is 13.0. The van der Waals surface area contributed by atoms with Crippen LogP contribution in [-0.2, 0) is 4.74 Å². The van der Waals surface area contributed by atoms with Gasteiger partial charge in [-0.2, -0.15) is 0 Å². The van der Waals surface area contributed by atoms with Crippen LogP contribution in [0, 0.1) is 0 Å². The summed E-state index contributed by atoms with van der Waals surface area (Å²) in [6, 6.07) is 0.650. The maximum absolute atomic E-state index is 5.41. The van der Waals surface area contributed by atoms with Gasteiger partial charge in [-0.1, -0.05) is 58.3 Å². The SMILES string of the molecule is CCCCCCCCCCC(CCOCC)NC. The van der Waals surface area contributed by atoms with Gasteiger partial charge in [0, 0.05) is 19.3 Å². The van der Waals surface area contributed by atoms with E-state index in [0.717, 1.165) is 19.6 Å². The van der Waals surface area contributed by atoms with Crippen LogP contribution in [0.15, 0.2) is 0 Å². The predicted molar refractivity (Wildman–Crippen MR) is 81.2 cm³/mol. The van der Waals surface area contributed by atoms with Gasteiger partial charge < -0.3 is 10.1 Å². The van der Waals surface area contributed by atoms with Crippen molar-refractivity contribution in [3.8, 4) is 0 Å². The number of hydrogen-bond acceptors (Lipinski definition) is 2. The van der Waals surface area contributed by atoms with Gasteiger partial charge in [-0.25, -0.2) is 0 Å². The van der Waals surface area contributed by atoms with Crippen molar-refractivity contribution in [2.24, 2.45) is 0 Å². The molecule has 0 aromatic rings. The standard InChI is InChI=1S/C16H35NO/c1-4-6-7-8-9-10-11-12-13-16(17-3)14-15-18-5-2/h16-17H,4-15H2,1-3H3. The van der Waals surface area contributed by atoms with E-state index in [2.05, 4.69) is 26.2 Å². The van der Waals surface area contributed by atoms with Crippen molar-refractivity contribution in [3.05, 3.63) is 0 Å². The van der Waals surface area contributed by atoms with Gasteiger partial charge in [-0.15, -0.1) is 0 Å². The molecule has 1 atom stereocenters. The molecule has 0 aliphatic heterocycles. The Hall–Kier alpha value is -0.0800. The molecule has 1 N–H and O–H groups in total. The maximum Gasteiger partial charge on any atom is 0.0480 e. The fourth-order valence-corrected chi connectivity index (χ4v) is 2.33. The second-order valence-electron chi connectivity index (χ2n) is 5.23. The van der Waals surface area contributed by atoms with Crippen molar-refractivity contribution >= 4 is 0 Å². The fourth-order valence-electron chi connectivity index (χ4n) is 2.33. The molecule has 1 unspecified atom stereocenters. The van der Waals surface area contributed by atoms with Gasteiger partial charge in [0.05, 0.1) is 0 Å². The number of rotatable bonds is 14. The molecule has 0 aliphatic rings. The summed E-state index contributed by atoms with van der Waals surface area (Å²) in [4.78, 5) is 0. The van der Waals surface area contributed by atoms with E-state index in [1.807, 2.05) is 0 Å². The number of ether oxygens (including phenoxy) is 1. The van der Waals surface area contributed by atoms with Gasteiger partial charge in [0.2, 0.25) is 0 Å². The molecule has 0 saturated heterocycles. The topological polar surface area (TPSA) is 21.3 Å². The average Bonchev–Trinajstić information content (AvgIpc) is 2.40. The molecule has 0 fully saturated rings. The van der Waals surface area contributed by atoms with Gasteiger partial charge in [0.25, 0.3) is 0 Å². The average molecular weight is 257 g/mol. The van der Waals surface area contributed by atoms with E-state index in [-0.39, 0.29) is 0 Å². The third-order valence-electron chi connectivity index (χ3n) is 3.63. The van der Waals surface area contributed by atoms with Crippen molar-refractivity contribution in [1.29, 1.82) is 0 Å². The molecule has 0 heterocycles. The highest BCUT2D eigenvalue weighted by atomic mass is 16.5. The lowest BCUT2D eigenvalue weighted by Gasteiger charge is -2.15. The first-order valence-corrected chi connectivity index (χ1v) is 8.10. The number of unbranched alkanes of at least 4 members (excludes halogenated alkanes) is 7. The summed E-state index contributed by atoms with van der Waals surface area (Å²) in [7, 11) is 2.07. The van der Waals surface area contributed by atoms with Crippen LogP contribution in [0.3, 0.4) is 0 Å².